The SMILES string of the molecule is CC1=NC(C)(C)Cc2ccccc21.I. The van der Waals surface area contributed by atoms with Gasteiger partial charge in [0.2, 0.25) is 0 Å². The molecule has 1 aliphatic heterocycles. The van der Waals surface area contributed by atoms with Crippen molar-refractivity contribution >= 4 is 29.7 Å². The summed E-state index contributed by atoms with van der Waals surface area (Å²) < 4.78 is 0. The van der Waals surface area contributed by atoms with E-state index in [9.17, 15) is 0 Å². The summed E-state index contributed by atoms with van der Waals surface area (Å²) in [4.78, 5) is 4.67. The lowest BCUT2D eigenvalue weighted by Gasteiger charge is -2.27. The van der Waals surface area contributed by atoms with Gasteiger partial charge in [0.15, 0.2) is 0 Å². The minimum Gasteiger partial charge on any atom is -0.283 e. The van der Waals surface area contributed by atoms with Crippen molar-refractivity contribution in [1.82, 2.24) is 0 Å². The number of rotatable bonds is 0. The Labute approximate surface area is 103 Å². The molecule has 14 heavy (non-hydrogen) atoms. The molecule has 0 radical (unpaired) electrons. The van der Waals surface area contributed by atoms with Gasteiger partial charge in [0.25, 0.3) is 0 Å². The topological polar surface area (TPSA) is 12.4 Å². The molecular weight excluding hydrogens is 285 g/mol. The van der Waals surface area contributed by atoms with Crippen molar-refractivity contribution in [2.75, 3.05) is 0 Å². The fraction of sp³-hybridized carbons (Fsp3) is 0.417. The number of benzene rings is 1. The number of hydrogen-bond donors (Lipinski definition) is 0. The first-order valence-electron chi connectivity index (χ1n) is 4.73. The van der Waals surface area contributed by atoms with Gasteiger partial charge in [0, 0.05) is 5.71 Å². The summed E-state index contributed by atoms with van der Waals surface area (Å²) in [6, 6.07) is 8.54. The molecule has 2 rings (SSSR count). The fourth-order valence-corrected chi connectivity index (χ4v) is 2.05. The van der Waals surface area contributed by atoms with Crippen LogP contribution in [0.4, 0.5) is 0 Å². The summed E-state index contributed by atoms with van der Waals surface area (Å²) in [7, 11) is 0. The molecule has 0 fully saturated rings. The van der Waals surface area contributed by atoms with E-state index in [-0.39, 0.29) is 29.5 Å². The Morgan fingerprint density at radius 1 is 1.21 bits per heavy atom. The average molecular weight is 301 g/mol. The van der Waals surface area contributed by atoms with E-state index in [1.165, 1.54) is 16.8 Å². The summed E-state index contributed by atoms with van der Waals surface area (Å²) in [6.07, 6.45) is 1.06. The smallest absolute Gasteiger partial charge is 0.0595 e. The van der Waals surface area contributed by atoms with E-state index in [1.54, 1.807) is 0 Å². The van der Waals surface area contributed by atoms with Gasteiger partial charge in [0.05, 0.1) is 5.54 Å². The van der Waals surface area contributed by atoms with E-state index < -0.39 is 0 Å². The molecule has 1 heterocycles. The number of fused-ring (bicyclic) bond motifs is 1. The second-order valence-electron chi connectivity index (χ2n) is 4.34. The molecule has 0 atom stereocenters. The highest BCUT2D eigenvalue weighted by Gasteiger charge is 2.23. The van der Waals surface area contributed by atoms with Crippen LogP contribution in [0.15, 0.2) is 29.3 Å². The van der Waals surface area contributed by atoms with E-state index in [2.05, 4.69) is 50.0 Å². The first kappa shape index (κ1) is 11.7. The van der Waals surface area contributed by atoms with Crippen LogP contribution in [0.5, 0.6) is 0 Å². The molecule has 2 heteroatoms. The van der Waals surface area contributed by atoms with Gasteiger partial charge in [-0.05, 0) is 38.3 Å². The maximum absolute atomic E-state index is 4.67. The van der Waals surface area contributed by atoms with Crippen LogP contribution in [-0.2, 0) is 6.42 Å². The summed E-state index contributed by atoms with van der Waals surface area (Å²) >= 11 is 0. The Morgan fingerprint density at radius 3 is 2.57 bits per heavy atom. The zero-order valence-electron chi connectivity index (χ0n) is 8.87. The Kier molecular flexibility index (Phi) is 3.35. The summed E-state index contributed by atoms with van der Waals surface area (Å²) in [5.41, 5.74) is 4.01. The lowest BCUT2D eigenvalue weighted by atomic mass is 9.87. The second-order valence-corrected chi connectivity index (χ2v) is 4.34. The van der Waals surface area contributed by atoms with Crippen LogP contribution in [0.3, 0.4) is 0 Å². The first-order valence-corrected chi connectivity index (χ1v) is 4.73. The van der Waals surface area contributed by atoms with Crippen LogP contribution in [0.25, 0.3) is 0 Å². The molecule has 1 nitrogen and oxygen atoms in total. The van der Waals surface area contributed by atoms with Crippen LogP contribution in [0.1, 0.15) is 31.9 Å². The van der Waals surface area contributed by atoms with E-state index >= 15 is 0 Å². The minimum atomic E-state index is 0. The lowest BCUT2D eigenvalue weighted by molar-refractivity contribution is 0.513. The molecule has 0 aliphatic carbocycles. The van der Waals surface area contributed by atoms with Gasteiger partial charge in [-0.3, -0.25) is 4.99 Å². The van der Waals surface area contributed by atoms with Crippen molar-refractivity contribution in [3.8, 4) is 0 Å². The highest BCUT2D eigenvalue weighted by molar-refractivity contribution is 14.0. The molecule has 0 aromatic heterocycles. The Morgan fingerprint density at radius 2 is 1.86 bits per heavy atom. The molecule has 1 aromatic carbocycles. The van der Waals surface area contributed by atoms with Crippen molar-refractivity contribution in [3.63, 3.8) is 0 Å². The van der Waals surface area contributed by atoms with Gasteiger partial charge in [-0.15, -0.1) is 24.0 Å². The standard InChI is InChI=1S/C12H15N.HI/c1-9-11-7-5-4-6-10(11)8-12(2,3)13-9;/h4-7H,8H2,1-3H3;1H. The normalized spacial score (nSPS) is 17.8. The molecule has 76 valence electrons. The van der Waals surface area contributed by atoms with Crippen LogP contribution >= 0.6 is 24.0 Å². The van der Waals surface area contributed by atoms with Crippen LogP contribution in [0, 0.1) is 0 Å². The van der Waals surface area contributed by atoms with Crippen LogP contribution in [-0.4, -0.2) is 11.3 Å². The lowest BCUT2D eigenvalue weighted by Crippen LogP contribution is -2.27. The maximum Gasteiger partial charge on any atom is 0.0595 e. The number of nitrogens with zero attached hydrogens (tertiary/aromatic N) is 1. The van der Waals surface area contributed by atoms with Gasteiger partial charge in [-0.25, -0.2) is 0 Å². The number of halogens is 1. The maximum atomic E-state index is 4.67. The Hall–Kier alpha value is -0.380. The van der Waals surface area contributed by atoms with Crippen LogP contribution < -0.4 is 0 Å². The fourth-order valence-electron chi connectivity index (χ4n) is 2.05. The van der Waals surface area contributed by atoms with Gasteiger partial charge >= 0.3 is 0 Å². The minimum absolute atomic E-state index is 0. The average Bonchev–Trinajstić information content (AvgIpc) is 2.02. The zero-order chi connectivity index (χ0) is 9.47. The van der Waals surface area contributed by atoms with E-state index in [0.29, 0.717) is 0 Å². The second kappa shape index (κ2) is 4.01. The monoisotopic (exact) mass is 301 g/mol. The van der Waals surface area contributed by atoms with Crippen molar-refractivity contribution in [2.45, 2.75) is 32.7 Å². The third-order valence-corrected chi connectivity index (χ3v) is 2.50. The Balaban J connectivity index is 0.000000980. The molecule has 0 unspecified atom stereocenters. The van der Waals surface area contributed by atoms with Gasteiger partial charge in [0.1, 0.15) is 0 Å². The molecule has 0 saturated heterocycles. The van der Waals surface area contributed by atoms with Gasteiger partial charge < -0.3 is 0 Å². The number of hydrogen-bond acceptors (Lipinski definition) is 1. The van der Waals surface area contributed by atoms with Gasteiger partial charge in [-0.1, -0.05) is 24.3 Å². The van der Waals surface area contributed by atoms with E-state index in [4.69, 9.17) is 0 Å². The molecule has 1 aliphatic rings. The van der Waals surface area contributed by atoms with Crippen LogP contribution in [0.2, 0.25) is 0 Å². The van der Waals surface area contributed by atoms with Crippen molar-refractivity contribution in [3.05, 3.63) is 35.4 Å². The molecule has 1 aromatic rings. The largest absolute Gasteiger partial charge is 0.283 e. The van der Waals surface area contributed by atoms with E-state index in [0.717, 1.165) is 6.42 Å². The first-order chi connectivity index (χ1) is 6.08. The van der Waals surface area contributed by atoms with E-state index in [1.807, 2.05) is 0 Å². The van der Waals surface area contributed by atoms with Gasteiger partial charge in [-0.2, -0.15) is 0 Å². The predicted octanol–water partition coefficient (Wildman–Crippen LogP) is 3.45. The molecule has 0 N–H and O–H groups in total. The summed E-state index contributed by atoms with van der Waals surface area (Å²) in [5.74, 6) is 0. The zero-order valence-corrected chi connectivity index (χ0v) is 11.2. The summed E-state index contributed by atoms with van der Waals surface area (Å²) in [6.45, 7) is 6.47. The van der Waals surface area contributed by atoms with Crippen molar-refractivity contribution in [1.29, 1.82) is 0 Å². The van der Waals surface area contributed by atoms with Crippen molar-refractivity contribution < 1.29 is 0 Å². The summed E-state index contributed by atoms with van der Waals surface area (Å²) in [5, 5.41) is 0. The third kappa shape index (κ3) is 2.16. The van der Waals surface area contributed by atoms with Crippen molar-refractivity contribution in [2.24, 2.45) is 4.99 Å². The highest BCUT2D eigenvalue weighted by Crippen LogP contribution is 2.26. The molecule has 0 bridgehead atoms. The third-order valence-electron chi connectivity index (χ3n) is 2.50. The molecule has 0 amide bonds. The molecule has 0 spiro atoms. The number of aliphatic imine (C=N–C) groups is 1. The Bertz CT molecular complexity index is 366. The predicted molar refractivity (Wildman–Crippen MR) is 71.9 cm³/mol. The molecular formula is C12H16IN. The quantitative estimate of drug-likeness (QED) is 0.651. The molecule has 0 saturated carbocycles. The highest BCUT2D eigenvalue weighted by atomic mass is 127.